The molecule has 2 heterocycles. The number of nitrogens with two attached hydrogens (primary N) is 3. The molecule has 1 aromatic heterocycles. The van der Waals surface area contributed by atoms with E-state index in [4.69, 9.17) is 16.3 Å². The number of anilines is 1. The van der Waals surface area contributed by atoms with Crippen LogP contribution in [0.2, 0.25) is 0 Å². The van der Waals surface area contributed by atoms with Gasteiger partial charge in [0.1, 0.15) is 18.0 Å². The minimum atomic E-state index is -0.863. The maximum atomic E-state index is 13.0. The summed E-state index contributed by atoms with van der Waals surface area (Å²) in [6.07, 6.45) is 10.4. The van der Waals surface area contributed by atoms with Crippen molar-refractivity contribution in [1.29, 1.82) is 0 Å². The second kappa shape index (κ2) is 16.8. The van der Waals surface area contributed by atoms with Gasteiger partial charge in [0.25, 0.3) is 5.91 Å². The average molecular weight is 607 g/mol. The van der Waals surface area contributed by atoms with Gasteiger partial charge in [0.2, 0.25) is 6.41 Å². The first-order valence-corrected chi connectivity index (χ1v) is 14.5. The highest BCUT2D eigenvalue weighted by Crippen LogP contribution is 2.42. The normalized spacial score (nSPS) is 18.9. The van der Waals surface area contributed by atoms with Crippen molar-refractivity contribution >= 4 is 30.4 Å². The van der Waals surface area contributed by atoms with Crippen molar-refractivity contribution in [2.45, 2.75) is 63.6 Å². The summed E-state index contributed by atoms with van der Waals surface area (Å²) in [5.41, 5.74) is 24.5. The number of hydrogen-bond donors (Lipinski definition) is 6. The van der Waals surface area contributed by atoms with Crippen LogP contribution in [0.15, 0.2) is 60.2 Å². The Morgan fingerprint density at radius 2 is 2.05 bits per heavy atom. The van der Waals surface area contributed by atoms with Gasteiger partial charge in [-0.15, -0.1) is 6.58 Å². The number of aryl methyl sites for hydroxylation is 1. The van der Waals surface area contributed by atoms with Crippen LogP contribution in [0.1, 0.15) is 65.8 Å². The van der Waals surface area contributed by atoms with E-state index >= 15 is 0 Å². The summed E-state index contributed by atoms with van der Waals surface area (Å²) in [7, 11) is 0. The number of carbonyl (C=O) groups excluding carboxylic acids is 4. The highest BCUT2D eigenvalue weighted by atomic mass is 16.7. The number of amides is 3. The zero-order valence-electron chi connectivity index (χ0n) is 25.0. The van der Waals surface area contributed by atoms with Crippen LogP contribution in [0.4, 0.5) is 10.5 Å². The average Bonchev–Trinajstić information content (AvgIpc) is 3.67. The van der Waals surface area contributed by atoms with E-state index < -0.39 is 18.2 Å². The number of benzene rings is 1. The Bertz CT molecular complexity index is 1380. The maximum absolute atomic E-state index is 13.0. The van der Waals surface area contributed by atoms with Gasteiger partial charge in [-0.05, 0) is 73.4 Å². The highest BCUT2D eigenvalue weighted by Gasteiger charge is 2.29. The Labute approximate surface area is 256 Å². The number of rotatable bonds is 12. The lowest BCUT2D eigenvalue weighted by Gasteiger charge is -2.37. The molecule has 1 saturated carbocycles. The summed E-state index contributed by atoms with van der Waals surface area (Å²) in [6.45, 7) is 7.27. The molecule has 0 radical (unpaired) electrons. The molecule has 4 rings (SSSR count). The Hall–Kier alpha value is -4.75. The van der Waals surface area contributed by atoms with E-state index in [2.05, 4.69) is 56.4 Å². The van der Waals surface area contributed by atoms with Crippen LogP contribution in [0.25, 0.3) is 0 Å². The molecule has 9 N–H and O–H groups in total. The van der Waals surface area contributed by atoms with E-state index in [0.29, 0.717) is 25.2 Å². The summed E-state index contributed by atoms with van der Waals surface area (Å²) < 4.78 is 0. The Kier molecular flexibility index (Phi) is 12.9. The van der Waals surface area contributed by atoms with Gasteiger partial charge in [0, 0.05) is 43.0 Å². The molecule has 1 aliphatic heterocycles. The van der Waals surface area contributed by atoms with Crippen molar-refractivity contribution in [3.63, 3.8) is 0 Å². The third-order valence-corrected chi connectivity index (χ3v) is 7.70. The first-order chi connectivity index (χ1) is 21.3. The van der Waals surface area contributed by atoms with Gasteiger partial charge in [-0.2, -0.15) is 10.6 Å². The molecule has 0 saturated heterocycles. The summed E-state index contributed by atoms with van der Waals surface area (Å²) in [6, 6.07) is 6.94. The zero-order valence-corrected chi connectivity index (χ0v) is 25.0. The molecule has 3 unspecified atom stereocenters. The van der Waals surface area contributed by atoms with E-state index in [1.165, 1.54) is 11.1 Å². The minimum Gasteiger partial charge on any atom is -0.372 e. The number of H-pyrrole nitrogens is 1. The number of allylic oxidation sites excluding steroid dienone is 3. The topological polar surface area (TPSA) is 212 Å². The van der Waals surface area contributed by atoms with Crippen molar-refractivity contribution in [3.05, 3.63) is 82.7 Å². The first-order valence-electron chi connectivity index (χ1n) is 14.5. The van der Waals surface area contributed by atoms with Gasteiger partial charge in [-0.3, -0.25) is 14.7 Å². The zero-order chi connectivity index (χ0) is 32.1. The highest BCUT2D eigenvalue weighted by molar-refractivity contribution is 5.92. The van der Waals surface area contributed by atoms with Crippen molar-refractivity contribution < 1.29 is 24.0 Å². The number of primary amides is 2. The van der Waals surface area contributed by atoms with E-state index in [-0.39, 0.29) is 18.2 Å². The lowest BCUT2D eigenvalue weighted by atomic mass is 9.96. The number of hydrogen-bond acceptors (Lipinski definition) is 9. The number of nitrogens with zero attached hydrogens (tertiary/aromatic N) is 2. The van der Waals surface area contributed by atoms with Gasteiger partial charge < -0.3 is 37.0 Å². The number of carbonyl (C=O) groups is 4. The predicted octanol–water partition coefficient (Wildman–Crippen LogP) is 2.01. The molecule has 2 aliphatic rings. The quantitative estimate of drug-likeness (QED) is 0.0901. The van der Waals surface area contributed by atoms with Crippen LogP contribution in [0.3, 0.4) is 0 Å². The molecule has 13 nitrogen and oxygen atoms in total. The molecule has 236 valence electrons. The van der Waals surface area contributed by atoms with Gasteiger partial charge >= 0.3 is 6.09 Å². The van der Waals surface area contributed by atoms with Crippen LogP contribution in [0, 0.1) is 0 Å². The predicted molar refractivity (Wildman–Crippen MR) is 167 cm³/mol. The summed E-state index contributed by atoms with van der Waals surface area (Å²) in [5, 5.41) is 10.3. The second-order valence-corrected chi connectivity index (χ2v) is 10.4. The molecule has 3 amide bonds. The summed E-state index contributed by atoms with van der Waals surface area (Å²) in [5.74, 6) is -0.146. The fourth-order valence-electron chi connectivity index (χ4n) is 5.66. The van der Waals surface area contributed by atoms with Crippen LogP contribution >= 0.6 is 0 Å². The van der Waals surface area contributed by atoms with Gasteiger partial charge in [-0.1, -0.05) is 30.4 Å². The van der Waals surface area contributed by atoms with E-state index in [1.807, 2.05) is 30.0 Å². The molecule has 1 aliphatic carbocycles. The van der Waals surface area contributed by atoms with Crippen molar-refractivity contribution in [2.75, 3.05) is 18.0 Å². The van der Waals surface area contributed by atoms with Gasteiger partial charge in [0.05, 0.1) is 0 Å². The van der Waals surface area contributed by atoms with Crippen LogP contribution in [-0.2, 0) is 27.4 Å². The molecule has 3 atom stereocenters. The smallest absolute Gasteiger partial charge is 0.372 e. The SMILES string of the molecule is C=CC(N)C(C=O)N1CCCc2ccc(CNC(=O)c3cc(C4CCC(=C/CCNOC(N)=O)/C4=C\C)[nH]n3)cc21.NC=O. The van der Waals surface area contributed by atoms with Crippen molar-refractivity contribution in [3.8, 4) is 0 Å². The third kappa shape index (κ3) is 8.64. The number of fused-ring (bicyclic) bond motifs is 1. The number of aromatic amines is 1. The maximum Gasteiger partial charge on any atom is 0.423 e. The molecular weight excluding hydrogens is 564 g/mol. The van der Waals surface area contributed by atoms with Crippen LogP contribution in [-0.4, -0.2) is 60.1 Å². The first kappa shape index (κ1) is 33.7. The monoisotopic (exact) mass is 606 g/mol. The largest absolute Gasteiger partial charge is 0.423 e. The van der Waals surface area contributed by atoms with E-state index in [9.17, 15) is 14.4 Å². The molecule has 0 bridgehead atoms. The standard InChI is InChI=1S/C30H39N7O4.CH3NO/c1-3-22-20(7-5-13-34-41-30(32)40)11-12-23(22)25-16-26(36-35-25)29(39)33-17-19-9-10-21-8-6-14-37(27(21)15-19)28(18-38)24(31)4-2;2-1-3/h3-4,7,9-10,15-16,18,23-24,28,34H,2,5-6,8,11-14,17,31H2,1H3,(H2,32,40)(H,33,39)(H,35,36);1H,(H2,2,3)/b20-7-,22-3+;. The number of nitrogens with one attached hydrogen (secondary N) is 3. The summed E-state index contributed by atoms with van der Waals surface area (Å²) in [4.78, 5) is 50.7. The molecule has 0 spiro atoms. The van der Waals surface area contributed by atoms with Crippen LogP contribution < -0.4 is 32.9 Å². The third-order valence-electron chi connectivity index (χ3n) is 7.70. The van der Waals surface area contributed by atoms with Crippen LogP contribution in [0.5, 0.6) is 0 Å². The Morgan fingerprint density at radius 3 is 2.73 bits per heavy atom. The number of aromatic nitrogens is 2. The molecule has 1 fully saturated rings. The minimum absolute atomic E-state index is 0.120. The number of aldehydes is 1. The fourth-order valence-corrected chi connectivity index (χ4v) is 5.66. The molecular formula is C31H42N8O5. The van der Waals surface area contributed by atoms with Gasteiger partial charge in [-0.25, -0.2) is 4.79 Å². The van der Waals surface area contributed by atoms with E-state index in [1.54, 1.807) is 6.08 Å². The lowest BCUT2D eigenvalue weighted by molar-refractivity contribution is -0.109. The van der Waals surface area contributed by atoms with E-state index in [0.717, 1.165) is 61.0 Å². The lowest BCUT2D eigenvalue weighted by Crippen LogP contribution is -2.50. The molecule has 44 heavy (non-hydrogen) atoms. The van der Waals surface area contributed by atoms with Gasteiger partial charge in [0.15, 0.2) is 0 Å². The number of hydroxylamine groups is 1. The Morgan fingerprint density at radius 1 is 1.27 bits per heavy atom. The molecule has 1 aromatic carbocycles. The Balaban J connectivity index is 0.00000169. The second-order valence-electron chi connectivity index (χ2n) is 10.4. The summed E-state index contributed by atoms with van der Waals surface area (Å²) >= 11 is 0. The molecule has 2 aromatic rings. The molecule has 13 heteroatoms. The van der Waals surface area contributed by atoms with Crippen molar-refractivity contribution in [1.82, 2.24) is 21.0 Å². The fraction of sp³-hybridized carbons (Fsp3) is 0.387. The van der Waals surface area contributed by atoms with Crippen molar-refractivity contribution in [2.24, 2.45) is 17.2 Å².